The predicted octanol–water partition coefficient (Wildman–Crippen LogP) is 3.41. The zero-order valence-corrected chi connectivity index (χ0v) is 10.4. The van der Waals surface area contributed by atoms with Gasteiger partial charge in [-0.3, -0.25) is 0 Å². The molecule has 0 bridgehead atoms. The maximum absolute atomic E-state index is 5.52. The molecule has 0 saturated carbocycles. The lowest BCUT2D eigenvalue weighted by Crippen LogP contribution is -2.12. The van der Waals surface area contributed by atoms with Gasteiger partial charge in [-0.1, -0.05) is 40.7 Å². The van der Waals surface area contributed by atoms with Gasteiger partial charge in [-0.05, 0) is 16.9 Å². The quantitative estimate of drug-likeness (QED) is 0.757. The molecule has 2 nitrogen and oxygen atoms in total. The van der Waals surface area contributed by atoms with Crippen molar-refractivity contribution in [2.24, 2.45) is 5.92 Å². The van der Waals surface area contributed by atoms with Crippen LogP contribution in [0.25, 0.3) is 0 Å². The lowest BCUT2D eigenvalue weighted by Gasteiger charge is -2.18. The Kier molecular flexibility index (Phi) is 3.72. The molecule has 0 saturated heterocycles. The number of nitrogens with zero attached hydrogens (tertiary/aromatic N) is 1. The van der Waals surface area contributed by atoms with Crippen molar-refractivity contribution >= 4 is 0 Å². The van der Waals surface area contributed by atoms with E-state index in [1.165, 1.54) is 5.56 Å². The topological polar surface area (TPSA) is 22.1 Å². The molecule has 0 aliphatic carbocycles. The normalized spacial score (nSPS) is 11.9. The van der Waals surface area contributed by atoms with E-state index in [2.05, 4.69) is 45.7 Å². The highest BCUT2D eigenvalue weighted by atomic mass is 16.5. The summed E-state index contributed by atoms with van der Waals surface area (Å²) in [6.07, 6.45) is 1.90. The zero-order valence-electron chi connectivity index (χ0n) is 10.4. The van der Waals surface area contributed by atoms with E-state index >= 15 is 0 Å². The second-order valence-electron chi connectivity index (χ2n) is 5.34. The summed E-state index contributed by atoms with van der Waals surface area (Å²) >= 11 is 0. The van der Waals surface area contributed by atoms with Crippen LogP contribution in [-0.4, -0.2) is 11.6 Å². The van der Waals surface area contributed by atoms with E-state index in [9.17, 15) is 0 Å². The molecule has 1 heterocycles. The number of pyridine rings is 1. The summed E-state index contributed by atoms with van der Waals surface area (Å²) < 4.78 is 5.52. The Balaban J connectivity index is 2.65. The van der Waals surface area contributed by atoms with Crippen LogP contribution in [-0.2, 0) is 5.41 Å². The van der Waals surface area contributed by atoms with Gasteiger partial charge >= 0.3 is 0 Å². The Bertz CT molecular complexity index is 295. The Morgan fingerprint density at radius 1 is 1.27 bits per heavy atom. The van der Waals surface area contributed by atoms with Crippen LogP contribution in [0.3, 0.4) is 0 Å². The van der Waals surface area contributed by atoms with E-state index in [0.717, 1.165) is 12.5 Å². The van der Waals surface area contributed by atoms with Gasteiger partial charge in [0.25, 0.3) is 0 Å². The van der Waals surface area contributed by atoms with Crippen LogP contribution in [0.1, 0.15) is 40.2 Å². The Hall–Kier alpha value is -1.05. The van der Waals surface area contributed by atoms with E-state index < -0.39 is 0 Å². The van der Waals surface area contributed by atoms with E-state index in [4.69, 9.17) is 4.74 Å². The van der Waals surface area contributed by atoms with Crippen LogP contribution in [0.4, 0.5) is 0 Å². The Morgan fingerprint density at radius 3 is 2.33 bits per heavy atom. The van der Waals surface area contributed by atoms with Crippen molar-refractivity contribution in [2.75, 3.05) is 6.61 Å². The van der Waals surface area contributed by atoms with Gasteiger partial charge in [0, 0.05) is 12.3 Å². The standard InChI is InChI=1S/C13H21NO/c1-10(2)9-15-12-7-6-11(8-14-12)13(3,4)5/h6-8,10H,9H2,1-5H3. The first-order chi connectivity index (χ1) is 6.89. The lowest BCUT2D eigenvalue weighted by molar-refractivity contribution is 0.261. The second kappa shape index (κ2) is 4.65. The van der Waals surface area contributed by atoms with Crippen molar-refractivity contribution in [3.05, 3.63) is 23.9 Å². The van der Waals surface area contributed by atoms with Gasteiger partial charge in [-0.15, -0.1) is 0 Å². The molecule has 0 spiro atoms. The van der Waals surface area contributed by atoms with Gasteiger partial charge < -0.3 is 4.74 Å². The molecule has 0 fully saturated rings. The minimum absolute atomic E-state index is 0.156. The minimum Gasteiger partial charge on any atom is -0.477 e. The van der Waals surface area contributed by atoms with Crippen LogP contribution >= 0.6 is 0 Å². The maximum atomic E-state index is 5.52. The van der Waals surface area contributed by atoms with Crippen molar-refractivity contribution < 1.29 is 4.74 Å². The van der Waals surface area contributed by atoms with Crippen LogP contribution in [0.5, 0.6) is 5.88 Å². The van der Waals surface area contributed by atoms with E-state index in [1.807, 2.05) is 12.3 Å². The number of hydrogen-bond acceptors (Lipinski definition) is 2. The van der Waals surface area contributed by atoms with E-state index in [1.54, 1.807) is 0 Å². The summed E-state index contributed by atoms with van der Waals surface area (Å²) in [5.41, 5.74) is 1.39. The van der Waals surface area contributed by atoms with Gasteiger partial charge in [-0.25, -0.2) is 4.98 Å². The molecule has 0 atom stereocenters. The molecule has 1 rings (SSSR count). The summed E-state index contributed by atoms with van der Waals surface area (Å²) in [5.74, 6) is 1.26. The first kappa shape index (κ1) is 12.0. The van der Waals surface area contributed by atoms with Gasteiger partial charge in [0.15, 0.2) is 0 Å². The van der Waals surface area contributed by atoms with Crippen LogP contribution < -0.4 is 4.74 Å². The number of aromatic nitrogens is 1. The van der Waals surface area contributed by atoms with Crippen molar-refractivity contribution in [1.29, 1.82) is 0 Å². The molecule has 15 heavy (non-hydrogen) atoms. The summed E-state index contributed by atoms with van der Waals surface area (Å²) in [6, 6.07) is 4.03. The van der Waals surface area contributed by atoms with Crippen molar-refractivity contribution in [2.45, 2.75) is 40.0 Å². The fourth-order valence-electron chi connectivity index (χ4n) is 1.16. The summed E-state index contributed by atoms with van der Waals surface area (Å²) in [7, 11) is 0. The SMILES string of the molecule is CC(C)COc1ccc(C(C)(C)C)cn1. The van der Waals surface area contributed by atoms with E-state index in [0.29, 0.717) is 5.92 Å². The average Bonchev–Trinajstić information content (AvgIpc) is 2.14. The lowest BCUT2D eigenvalue weighted by atomic mass is 9.88. The highest BCUT2D eigenvalue weighted by Crippen LogP contribution is 2.22. The van der Waals surface area contributed by atoms with E-state index in [-0.39, 0.29) is 5.41 Å². The van der Waals surface area contributed by atoms with Crippen molar-refractivity contribution in [3.8, 4) is 5.88 Å². The molecule has 0 radical (unpaired) electrons. The van der Waals surface area contributed by atoms with Crippen molar-refractivity contribution in [1.82, 2.24) is 4.98 Å². The van der Waals surface area contributed by atoms with Crippen LogP contribution in [0.15, 0.2) is 18.3 Å². The third kappa shape index (κ3) is 3.90. The third-order valence-electron chi connectivity index (χ3n) is 2.17. The molecular formula is C13H21NO. The molecule has 1 aromatic heterocycles. The largest absolute Gasteiger partial charge is 0.477 e. The smallest absolute Gasteiger partial charge is 0.213 e. The highest BCUT2D eigenvalue weighted by Gasteiger charge is 2.13. The van der Waals surface area contributed by atoms with Crippen molar-refractivity contribution in [3.63, 3.8) is 0 Å². The molecular weight excluding hydrogens is 186 g/mol. The molecule has 2 heteroatoms. The highest BCUT2D eigenvalue weighted by molar-refractivity contribution is 5.23. The third-order valence-corrected chi connectivity index (χ3v) is 2.17. The minimum atomic E-state index is 0.156. The Morgan fingerprint density at radius 2 is 1.93 bits per heavy atom. The number of ether oxygens (including phenoxy) is 1. The molecule has 1 aromatic rings. The molecule has 0 N–H and O–H groups in total. The molecule has 0 aromatic carbocycles. The molecule has 0 aliphatic rings. The first-order valence-electron chi connectivity index (χ1n) is 5.49. The molecule has 0 amide bonds. The second-order valence-corrected chi connectivity index (χ2v) is 5.34. The predicted molar refractivity (Wildman–Crippen MR) is 63.3 cm³/mol. The summed E-state index contributed by atoms with van der Waals surface area (Å²) in [4.78, 5) is 4.29. The number of rotatable bonds is 3. The van der Waals surface area contributed by atoms with Gasteiger partial charge in [0.1, 0.15) is 0 Å². The Labute approximate surface area is 92.7 Å². The van der Waals surface area contributed by atoms with Crippen LogP contribution in [0.2, 0.25) is 0 Å². The molecule has 0 aliphatic heterocycles. The van der Waals surface area contributed by atoms with Gasteiger partial charge in [-0.2, -0.15) is 0 Å². The van der Waals surface area contributed by atoms with Gasteiger partial charge in [0.05, 0.1) is 6.61 Å². The molecule has 84 valence electrons. The monoisotopic (exact) mass is 207 g/mol. The summed E-state index contributed by atoms with van der Waals surface area (Å²) in [5, 5.41) is 0. The maximum Gasteiger partial charge on any atom is 0.213 e. The number of hydrogen-bond donors (Lipinski definition) is 0. The van der Waals surface area contributed by atoms with Crippen LogP contribution in [0, 0.1) is 5.92 Å². The summed E-state index contributed by atoms with van der Waals surface area (Å²) in [6.45, 7) is 11.5. The average molecular weight is 207 g/mol. The fourth-order valence-corrected chi connectivity index (χ4v) is 1.16. The van der Waals surface area contributed by atoms with Gasteiger partial charge in [0.2, 0.25) is 5.88 Å². The fraction of sp³-hybridized carbons (Fsp3) is 0.615. The first-order valence-corrected chi connectivity index (χ1v) is 5.49. The molecule has 0 unspecified atom stereocenters. The zero-order chi connectivity index (χ0) is 11.5.